The highest BCUT2D eigenvalue weighted by Gasteiger charge is 2.12. The first-order valence-corrected chi connectivity index (χ1v) is 7.15. The summed E-state index contributed by atoms with van der Waals surface area (Å²) >= 11 is 0. The number of nitrogens with zero attached hydrogens (tertiary/aromatic N) is 3. The first-order chi connectivity index (χ1) is 9.99. The third-order valence-corrected chi connectivity index (χ3v) is 3.27. The van der Waals surface area contributed by atoms with Gasteiger partial charge in [0.25, 0.3) is 0 Å². The van der Waals surface area contributed by atoms with Gasteiger partial charge in [-0.25, -0.2) is 0 Å². The summed E-state index contributed by atoms with van der Waals surface area (Å²) in [5.41, 5.74) is 2.56. The van der Waals surface area contributed by atoms with Crippen molar-refractivity contribution in [1.82, 2.24) is 9.72 Å². The highest BCUT2D eigenvalue weighted by Crippen LogP contribution is 2.14. The van der Waals surface area contributed by atoms with Crippen LogP contribution in [0.25, 0.3) is 0 Å². The molecule has 5 heteroatoms. The molecule has 0 aliphatic heterocycles. The van der Waals surface area contributed by atoms with Gasteiger partial charge in [-0.15, -0.1) is 0 Å². The molecular weight excluding hydrogens is 266 g/mol. The Morgan fingerprint density at radius 1 is 1.38 bits per heavy atom. The molecule has 112 valence electrons. The number of carbonyl (C=O) groups excluding carboxylic acids is 1. The number of carbonyl (C=O) groups is 1. The number of hydrogen-bond acceptors (Lipinski definition) is 4. The molecule has 0 aliphatic carbocycles. The molecule has 0 bridgehead atoms. The summed E-state index contributed by atoms with van der Waals surface area (Å²) < 4.78 is 6.73. The average molecular weight is 287 g/mol. The summed E-state index contributed by atoms with van der Waals surface area (Å²) in [7, 11) is 0. The van der Waals surface area contributed by atoms with Crippen molar-refractivity contribution in [3.8, 4) is 0 Å². The molecule has 0 N–H and O–H groups in total. The van der Waals surface area contributed by atoms with Gasteiger partial charge < -0.3 is 4.52 Å². The molecule has 0 fully saturated rings. The topological polar surface area (TPSA) is 60.4 Å². The SMILES string of the molecule is Cc1noc(C)c1CCC(=O)n1ccccc1=NC(C)C. The van der Waals surface area contributed by atoms with Crippen LogP contribution in [-0.2, 0) is 6.42 Å². The summed E-state index contributed by atoms with van der Waals surface area (Å²) in [4.78, 5) is 16.9. The Kier molecular flexibility index (Phi) is 4.73. The zero-order valence-electron chi connectivity index (χ0n) is 13.0. The highest BCUT2D eigenvalue weighted by atomic mass is 16.5. The van der Waals surface area contributed by atoms with Crippen LogP contribution in [0.15, 0.2) is 33.9 Å². The van der Waals surface area contributed by atoms with E-state index in [9.17, 15) is 4.79 Å². The predicted octanol–water partition coefficient (Wildman–Crippen LogP) is 2.68. The molecule has 0 aliphatic rings. The monoisotopic (exact) mass is 287 g/mol. The summed E-state index contributed by atoms with van der Waals surface area (Å²) in [5, 5.41) is 3.91. The van der Waals surface area contributed by atoms with Crippen molar-refractivity contribution in [1.29, 1.82) is 0 Å². The van der Waals surface area contributed by atoms with Gasteiger partial charge in [-0.1, -0.05) is 11.2 Å². The lowest BCUT2D eigenvalue weighted by Crippen LogP contribution is -2.27. The maximum atomic E-state index is 12.4. The van der Waals surface area contributed by atoms with E-state index in [0.29, 0.717) is 18.3 Å². The highest BCUT2D eigenvalue weighted by molar-refractivity contribution is 5.78. The second-order valence-electron chi connectivity index (χ2n) is 5.35. The van der Waals surface area contributed by atoms with Crippen molar-refractivity contribution < 1.29 is 9.32 Å². The van der Waals surface area contributed by atoms with Crippen LogP contribution < -0.4 is 5.49 Å². The molecule has 0 spiro atoms. The molecule has 5 nitrogen and oxygen atoms in total. The van der Waals surface area contributed by atoms with Crippen LogP contribution in [0.2, 0.25) is 0 Å². The average Bonchev–Trinajstić information content (AvgIpc) is 2.75. The van der Waals surface area contributed by atoms with Crippen LogP contribution in [0.3, 0.4) is 0 Å². The van der Waals surface area contributed by atoms with Crippen molar-refractivity contribution >= 4 is 5.91 Å². The van der Waals surface area contributed by atoms with E-state index < -0.39 is 0 Å². The van der Waals surface area contributed by atoms with Gasteiger partial charge in [-0.05, 0) is 46.2 Å². The predicted molar refractivity (Wildman–Crippen MR) is 80.1 cm³/mol. The van der Waals surface area contributed by atoms with Gasteiger partial charge in [0, 0.05) is 24.2 Å². The maximum absolute atomic E-state index is 12.4. The summed E-state index contributed by atoms with van der Waals surface area (Å²) in [6.45, 7) is 7.75. The second-order valence-corrected chi connectivity index (χ2v) is 5.35. The maximum Gasteiger partial charge on any atom is 0.232 e. The van der Waals surface area contributed by atoms with Crippen LogP contribution in [0.5, 0.6) is 0 Å². The van der Waals surface area contributed by atoms with E-state index in [1.54, 1.807) is 10.8 Å². The molecule has 0 unspecified atom stereocenters. The third-order valence-electron chi connectivity index (χ3n) is 3.27. The quantitative estimate of drug-likeness (QED) is 0.868. The fourth-order valence-electron chi connectivity index (χ4n) is 2.23. The van der Waals surface area contributed by atoms with Crippen molar-refractivity contribution in [2.45, 2.75) is 46.6 Å². The zero-order chi connectivity index (χ0) is 15.4. The lowest BCUT2D eigenvalue weighted by molar-refractivity contribution is 0.0897. The van der Waals surface area contributed by atoms with E-state index in [4.69, 9.17) is 4.52 Å². The van der Waals surface area contributed by atoms with Crippen LogP contribution in [0.4, 0.5) is 0 Å². The minimum absolute atomic E-state index is 0.0231. The van der Waals surface area contributed by atoms with Crippen LogP contribution in [-0.4, -0.2) is 21.7 Å². The molecule has 2 aromatic rings. The van der Waals surface area contributed by atoms with E-state index >= 15 is 0 Å². The fourth-order valence-corrected chi connectivity index (χ4v) is 2.23. The van der Waals surface area contributed by atoms with E-state index in [2.05, 4.69) is 10.1 Å². The van der Waals surface area contributed by atoms with E-state index in [0.717, 1.165) is 17.0 Å². The Bertz CT molecular complexity index is 676. The molecule has 0 saturated heterocycles. The van der Waals surface area contributed by atoms with Gasteiger partial charge in [0.15, 0.2) is 0 Å². The second kappa shape index (κ2) is 6.52. The largest absolute Gasteiger partial charge is 0.361 e. The molecule has 0 aromatic carbocycles. The van der Waals surface area contributed by atoms with Gasteiger partial charge >= 0.3 is 0 Å². The summed E-state index contributed by atoms with van der Waals surface area (Å²) in [5.74, 6) is 0.806. The lowest BCUT2D eigenvalue weighted by atomic mass is 10.1. The van der Waals surface area contributed by atoms with Crippen molar-refractivity contribution in [2.24, 2.45) is 4.99 Å². The molecule has 2 aromatic heterocycles. The summed E-state index contributed by atoms with van der Waals surface area (Å²) in [6.07, 6.45) is 2.79. The van der Waals surface area contributed by atoms with Gasteiger partial charge in [0.1, 0.15) is 11.2 Å². The molecule has 2 rings (SSSR count). The Morgan fingerprint density at radius 2 is 2.14 bits per heavy atom. The molecule has 21 heavy (non-hydrogen) atoms. The smallest absolute Gasteiger partial charge is 0.232 e. The molecule has 0 amide bonds. The number of aryl methyl sites for hydroxylation is 2. The van der Waals surface area contributed by atoms with Gasteiger partial charge in [0.05, 0.1) is 5.69 Å². The van der Waals surface area contributed by atoms with Crippen LogP contribution >= 0.6 is 0 Å². The molecule has 2 heterocycles. The Balaban J connectivity index is 2.18. The lowest BCUT2D eigenvalue weighted by Gasteiger charge is -2.07. The minimum atomic E-state index is 0.0231. The normalized spacial score (nSPS) is 12.1. The molecule has 0 saturated carbocycles. The molecule has 0 radical (unpaired) electrons. The van der Waals surface area contributed by atoms with Gasteiger partial charge in [-0.2, -0.15) is 0 Å². The van der Waals surface area contributed by atoms with Gasteiger partial charge in [-0.3, -0.25) is 14.4 Å². The number of pyridine rings is 1. The molecular formula is C16H21N3O2. The third kappa shape index (κ3) is 3.68. The number of aromatic nitrogens is 2. The Hall–Kier alpha value is -2.17. The minimum Gasteiger partial charge on any atom is -0.361 e. The van der Waals surface area contributed by atoms with Crippen molar-refractivity contribution in [3.05, 3.63) is 46.9 Å². The Morgan fingerprint density at radius 3 is 2.76 bits per heavy atom. The van der Waals surface area contributed by atoms with Crippen molar-refractivity contribution in [2.75, 3.05) is 0 Å². The first kappa shape index (κ1) is 15.2. The number of rotatable bonds is 4. The van der Waals surface area contributed by atoms with E-state index in [-0.39, 0.29) is 11.9 Å². The number of hydrogen-bond donors (Lipinski definition) is 0. The standard InChI is InChI=1S/C16H21N3O2/c1-11(2)17-15-7-5-6-10-19(15)16(20)9-8-14-12(3)18-21-13(14)4/h5-7,10-11H,8-9H2,1-4H3. The first-order valence-electron chi connectivity index (χ1n) is 7.15. The van der Waals surface area contributed by atoms with Crippen LogP contribution in [0.1, 0.15) is 42.1 Å². The molecule has 0 atom stereocenters. The zero-order valence-corrected chi connectivity index (χ0v) is 13.0. The van der Waals surface area contributed by atoms with Crippen LogP contribution in [0, 0.1) is 13.8 Å². The van der Waals surface area contributed by atoms with Crippen molar-refractivity contribution in [3.63, 3.8) is 0 Å². The van der Waals surface area contributed by atoms with Gasteiger partial charge in [0.2, 0.25) is 5.91 Å². The summed E-state index contributed by atoms with van der Waals surface area (Å²) in [6, 6.07) is 5.73. The fraction of sp³-hybridized carbons (Fsp3) is 0.438. The Labute approximate surface area is 124 Å². The van der Waals surface area contributed by atoms with E-state index in [1.165, 1.54) is 0 Å². The van der Waals surface area contributed by atoms with E-state index in [1.807, 2.05) is 45.9 Å².